The van der Waals surface area contributed by atoms with Gasteiger partial charge in [-0.2, -0.15) is 0 Å². The number of hydrogen-bond acceptors (Lipinski definition) is 4. The molecule has 0 unspecified atom stereocenters. The number of rotatable bonds is 2. The van der Waals surface area contributed by atoms with Crippen molar-refractivity contribution in [1.29, 1.82) is 0 Å². The van der Waals surface area contributed by atoms with E-state index in [1.54, 1.807) is 0 Å². The van der Waals surface area contributed by atoms with Gasteiger partial charge in [0, 0.05) is 37.5 Å². The second-order valence-electron chi connectivity index (χ2n) is 7.29. The summed E-state index contributed by atoms with van der Waals surface area (Å²) in [5.74, 6) is 0.0461. The summed E-state index contributed by atoms with van der Waals surface area (Å²) in [7, 11) is 0. The number of hydrogen-bond donors (Lipinski definition) is 1. The van der Waals surface area contributed by atoms with Crippen molar-refractivity contribution in [3.8, 4) is 0 Å². The zero-order chi connectivity index (χ0) is 16.6. The summed E-state index contributed by atoms with van der Waals surface area (Å²) in [6.07, 6.45) is 4.44. The van der Waals surface area contributed by atoms with E-state index >= 15 is 0 Å². The second-order valence-corrected chi connectivity index (χ2v) is 7.29. The van der Waals surface area contributed by atoms with Gasteiger partial charge in [0.1, 0.15) is 5.60 Å². The number of piperidine rings is 1. The minimum Gasteiger partial charge on any atom is -0.390 e. The zero-order valence-corrected chi connectivity index (χ0v) is 14.1. The van der Waals surface area contributed by atoms with Crippen molar-refractivity contribution in [2.45, 2.75) is 43.8 Å². The van der Waals surface area contributed by atoms with Gasteiger partial charge < -0.3 is 19.6 Å². The summed E-state index contributed by atoms with van der Waals surface area (Å²) < 4.78 is 5.85. The molecule has 3 aliphatic rings. The number of likely N-dealkylation sites (tertiary alicyclic amines) is 1. The molecule has 2 atom stereocenters. The molecular formula is C19H26N2O3. The van der Waals surface area contributed by atoms with Gasteiger partial charge in [0.05, 0.1) is 12.6 Å². The van der Waals surface area contributed by atoms with Gasteiger partial charge in [0.2, 0.25) is 0 Å². The average Bonchev–Trinajstić information content (AvgIpc) is 3.30. The number of aliphatic hydroxyl groups excluding tert-OH is 1. The van der Waals surface area contributed by atoms with Crippen LogP contribution in [0.1, 0.15) is 42.5 Å². The summed E-state index contributed by atoms with van der Waals surface area (Å²) >= 11 is 0. The lowest BCUT2D eigenvalue weighted by Crippen LogP contribution is -2.57. The third-order valence-electron chi connectivity index (χ3n) is 5.74. The molecule has 0 saturated carbocycles. The maximum absolute atomic E-state index is 12.9. The third kappa shape index (κ3) is 2.80. The fourth-order valence-electron chi connectivity index (χ4n) is 4.30. The van der Waals surface area contributed by atoms with Crippen LogP contribution < -0.4 is 4.90 Å². The fourth-order valence-corrected chi connectivity index (χ4v) is 4.30. The monoisotopic (exact) mass is 330 g/mol. The largest absolute Gasteiger partial charge is 0.390 e. The summed E-state index contributed by atoms with van der Waals surface area (Å²) in [4.78, 5) is 17.1. The van der Waals surface area contributed by atoms with Crippen LogP contribution in [0.5, 0.6) is 0 Å². The average molecular weight is 330 g/mol. The zero-order valence-electron chi connectivity index (χ0n) is 14.1. The Morgan fingerprint density at radius 1 is 1.12 bits per heavy atom. The molecule has 3 aliphatic heterocycles. The van der Waals surface area contributed by atoms with Crippen molar-refractivity contribution in [1.82, 2.24) is 4.90 Å². The van der Waals surface area contributed by atoms with Gasteiger partial charge in [-0.05, 0) is 56.4 Å². The van der Waals surface area contributed by atoms with Crippen molar-refractivity contribution >= 4 is 11.6 Å². The molecule has 0 aliphatic carbocycles. The molecule has 4 rings (SSSR count). The van der Waals surface area contributed by atoms with Crippen LogP contribution in [0.4, 0.5) is 5.69 Å². The fraction of sp³-hybridized carbons (Fsp3) is 0.632. The molecule has 0 bridgehead atoms. The lowest BCUT2D eigenvalue weighted by molar-refractivity contribution is -0.124. The van der Waals surface area contributed by atoms with E-state index in [1.807, 2.05) is 17.0 Å². The number of anilines is 1. The Bertz CT molecular complexity index is 589. The highest BCUT2D eigenvalue weighted by Crippen LogP contribution is 2.35. The van der Waals surface area contributed by atoms with E-state index < -0.39 is 11.7 Å². The van der Waals surface area contributed by atoms with E-state index in [0.717, 1.165) is 31.5 Å². The molecule has 3 saturated heterocycles. The molecule has 1 spiro atoms. The van der Waals surface area contributed by atoms with E-state index in [-0.39, 0.29) is 5.91 Å². The SMILES string of the molecule is O=C(c1ccc(N2CCCC2)cc1)N1CC[C@H](O)[C@]2(CCCO2)C1. The minimum absolute atomic E-state index is 0.0461. The molecule has 24 heavy (non-hydrogen) atoms. The lowest BCUT2D eigenvalue weighted by atomic mass is 9.87. The molecule has 5 nitrogen and oxygen atoms in total. The molecule has 0 radical (unpaired) electrons. The molecule has 3 fully saturated rings. The first-order valence-electron chi connectivity index (χ1n) is 9.14. The van der Waals surface area contributed by atoms with E-state index in [1.165, 1.54) is 18.5 Å². The van der Waals surface area contributed by atoms with Crippen LogP contribution in [0.25, 0.3) is 0 Å². The highest BCUT2D eigenvalue weighted by molar-refractivity contribution is 5.94. The maximum atomic E-state index is 12.9. The number of nitrogens with zero attached hydrogens (tertiary/aromatic N) is 2. The summed E-state index contributed by atoms with van der Waals surface area (Å²) in [5.41, 5.74) is 1.39. The van der Waals surface area contributed by atoms with Gasteiger partial charge in [-0.1, -0.05) is 0 Å². The maximum Gasteiger partial charge on any atom is 0.253 e. The Morgan fingerprint density at radius 2 is 1.88 bits per heavy atom. The van der Waals surface area contributed by atoms with Crippen LogP contribution >= 0.6 is 0 Å². The molecule has 130 valence electrons. The Hall–Kier alpha value is -1.59. The quantitative estimate of drug-likeness (QED) is 0.902. The number of amides is 1. The van der Waals surface area contributed by atoms with Crippen LogP contribution in [0.3, 0.4) is 0 Å². The predicted molar refractivity (Wildman–Crippen MR) is 92.3 cm³/mol. The topological polar surface area (TPSA) is 53.0 Å². The van der Waals surface area contributed by atoms with Crippen LogP contribution in [-0.2, 0) is 4.74 Å². The molecular weight excluding hydrogens is 304 g/mol. The highest BCUT2D eigenvalue weighted by atomic mass is 16.5. The van der Waals surface area contributed by atoms with Gasteiger partial charge in [0.15, 0.2) is 0 Å². The Kier molecular flexibility index (Phi) is 4.22. The smallest absolute Gasteiger partial charge is 0.253 e. The minimum atomic E-state index is -0.538. The highest BCUT2D eigenvalue weighted by Gasteiger charge is 2.47. The first kappa shape index (κ1) is 15.9. The first-order chi connectivity index (χ1) is 11.7. The van der Waals surface area contributed by atoms with Gasteiger partial charge >= 0.3 is 0 Å². The van der Waals surface area contributed by atoms with Crippen LogP contribution in [0.15, 0.2) is 24.3 Å². The van der Waals surface area contributed by atoms with Crippen LogP contribution in [-0.4, -0.2) is 60.4 Å². The molecule has 1 N–H and O–H groups in total. The van der Waals surface area contributed by atoms with E-state index in [9.17, 15) is 9.90 Å². The van der Waals surface area contributed by atoms with Crippen LogP contribution in [0, 0.1) is 0 Å². The van der Waals surface area contributed by atoms with Crippen molar-refractivity contribution in [3.63, 3.8) is 0 Å². The Morgan fingerprint density at radius 3 is 2.54 bits per heavy atom. The predicted octanol–water partition coefficient (Wildman–Crippen LogP) is 2.04. The number of benzene rings is 1. The Labute approximate surface area is 143 Å². The number of carbonyl (C=O) groups excluding carboxylic acids is 1. The van der Waals surface area contributed by atoms with E-state index in [4.69, 9.17) is 4.74 Å². The summed E-state index contributed by atoms with van der Waals surface area (Å²) in [5, 5.41) is 10.3. The Balaban J connectivity index is 1.47. The molecule has 1 aromatic rings. The molecule has 5 heteroatoms. The summed E-state index contributed by atoms with van der Waals surface area (Å²) in [6.45, 7) is 4.00. The standard InChI is InChI=1S/C19H26N2O3/c22-17-8-12-21(14-19(17)9-3-13-24-19)18(23)15-4-6-16(7-5-15)20-10-1-2-11-20/h4-7,17,22H,1-3,8-14H2/t17-,19-/m0/s1. The van der Waals surface area contributed by atoms with Crippen molar-refractivity contribution in [2.24, 2.45) is 0 Å². The molecule has 3 heterocycles. The first-order valence-corrected chi connectivity index (χ1v) is 9.14. The van der Waals surface area contributed by atoms with Crippen molar-refractivity contribution in [2.75, 3.05) is 37.7 Å². The van der Waals surface area contributed by atoms with Gasteiger partial charge in [-0.25, -0.2) is 0 Å². The molecule has 1 aromatic carbocycles. The van der Waals surface area contributed by atoms with Crippen molar-refractivity contribution < 1.29 is 14.6 Å². The van der Waals surface area contributed by atoms with Crippen LogP contribution in [0.2, 0.25) is 0 Å². The summed E-state index contributed by atoms with van der Waals surface area (Å²) in [6, 6.07) is 7.98. The van der Waals surface area contributed by atoms with Gasteiger partial charge in [0.25, 0.3) is 5.91 Å². The van der Waals surface area contributed by atoms with E-state index in [0.29, 0.717) is 26.1 Å². The molecule has 0 aromatic heterocycles. The van der Waals surface area contributed by atoms with Crippen molar-refractivity contribution in [3.05, 3.63) is 29.8 Å². The number of ether oxygens (including phenoxy) is 1. The molecule has 1 amide bonds. The third-order valence-corrected chi connectivity index (χ3v) is 5.74. The normalized spacial score (nSPS) is 30.3. The van der Waals surface area contributed by atoms with Gasteiger partial charge in [-0.3, -0.25) is 4.79 Å². The lowest BCUT2D eigenvalue weighted by Gasteiger charge is -2.43. The number of carbonyl (C=O) groups is 1. The number of aliphatic hydroxyl groups is 1. The van der Waals surface area contributed by atoms with E-state index in [2.05, 4.69) is 17.0 Å². The second kappa shape index (κ2) is 6.37. The van der Waals surface area contributed by atoms with Gasteiger partial charge in [-0.15, -0.1) is 0 Å².